The molecule has 3 aromatic heterocycles. The number of methoxy groups -OCH3 is 1. The Labute approximate surface area is 307 Å². The predicted molar refractivity (Wildman–Crippen MR) is 196 cm³/mol. The molecule has 2 saturated carbocycles. The molecule has 5 fully saturated rings. The van der Waals surface area contributed by atoms with Crippen molar-refractivity contribution in [3.8, 4) is 23.1 Å². The second kappa shape index (κ2) is 13.2. The van der Waals surface area contributed by atoms with Gasteiger partial charge in [0.15, 0.2) is 15.7 Å². The molecule has 15 heteroatoms. The summed E-state index contributed by atoms with van der Waals surface area (Å²) in [5, 5.41) is 8.55. The van der Waals surface area contributed by atoms with Crippen LogP contribution in [-0.4, -0.2) is 109 Å². The van der Waals surface area contributed by atoms with Gasteiger partial charge in [-0.1, -0.05) is 18.0 Å². The number of nitrogens with zero attached hydrogens (tertiary/aromatic N) is 6. The van der Waals surface area contributed by atoms with Crippen molar-refractivity contribution in [1.82, 2.24) is 30.0 Å². The Bertz CT molecular complexity index is 2120. The van der Waals surface area contributed by atoms with Gasteiger partial charge >= 0.3 is 6.01 Å². The van der Waals surface area contributed by atoms with Crippen LogP contribution in [0.15, 0.2) is 12.3 Å². The number of nitrogens with one attached hydrogen (secondary N) is 1. The van der Waals surface area contributed by atoms with Gasteiger partial charge in [0, 0.05) is 48.1 Å². The Morgan fingerprint density at radius 1 is 1.08 bits per heavy atom. The van der Waals surface area contributed by atoms with Gasteiger partial charge in [0.2, 0.25) is 5.88 Å². The number of rotatable bonds is 7. The summed E-state index contributed by atoms with van der Waals surface area (Å²) in [7, 11) is -1.39. The van der Waals surface area contributed by atoms with Gasteiger partial charge < -0.3 is 19.1 Å². The quantitative estimate of drug-likeness (QED) is 0.248. The monoisotopic (exact) mass is 753 g/mol. The van der Waals surface area contributed by atoms with Gasteiger partial charge in [-0.25, -0.2) is 17.8 Å². The van der Waals surface area contributed by atoms with E-state index in [0.717, 1.165) is 63.5 Å². The van der Waals surface area contributed by atoms with Crippen molar-refractivity contribution in [1.29, 1.82) is 0 Å². The van der Waals surface area contributed by atoms with Crippen LogP contribution >= 0.6 is 11.6 Å². The van der Waals surface area contributed by atoms with Crippen LogP contribution in [-0.2, 0) is 14.6 Å². The smallest absolute Gasteiger partial charge is 0.319 e. The number of fused-ring (bicyclic) bond motifs is 4. The molecule has 4 aromatic rings. The maximum atomic E-state index is 17.2. The van der Waals surface area contributed by atoms with E-state index in [2.05, 4.69) is 20.0 Å². The first-order valence-electron chi connectivity index (χ1n) is 18.6. The molecule has 1 unspecified atom stereocenters. The molecule has 9 rings (SSSR count). The summed E-state index contributed by atoms with van der Waals surface area (Å²) in [5.41, 5.74) is 1.87. The third kappa shape index (κ3) is 5.79. The van der Waals surface area contributed by atoms with Crippen LogP contribution in [0.3, 0.4) is 0 Å². The number of halogens is 2. The molecule has 2 aliphatic carbocycles. The maximum absolute atomic E-state index is 17.2. The summed E-state index contributed by atoms with van der Waals surface area (Å²) < 4.78 is 60.1. The summed E-state index contributed by atoms with van der Waals surface area (Å²) in [5.74, 6) is 1.30. The van der Waals surface area contributed by atoms with E-state index in [0.29, 0.717) is 89.2 Å². The number of aromatic amines is 1. The van der Waals surface area contributed by atoms with Crippen molar-refractivity contribution in [3.63, 3.8) is 0 Å². The van der Waals surface area contributed by atoms with Crippen LogP contribution in [0.5, 0.6) is 11.9 Å². The highest BCUT2D eigenvalue weighted by Gasteiger charge is 2.53. The molecule has 52 heavy (non-hydrogen) atoms. The SMILES string of the molecule is COc1nc(-c2c(Cl)c(C)cc3[nH]ncc23)c(F)c2nc(OC[C@]34CCC[C@H]3N(C3C[C@@H]5CS(=O)(=O)C[C@@H]5C3)CCC4)nc(N3CCCOCC3)c12. The van der Waals surface area contributed by atoms with Crippen molar-refractivity contribution in [3.05, 3.63) is 28.7 Å². The normalized spacial score (nSPS) is 29.0. The maximum Gasteiger partial charge on any atom is 0.319 e. The molecule has 12 nitrogen and oxygen atoms in total. The number of aryl methyl sites for hydroxylation is 1. The predicted octanol–water partition coefficient (Wildman–Crippen LogP) is 5.74. The van der Waals surface area contributed by atoms with Gasteiger partial charge in [0.1, 0.15) is 22.4 Å². The van der Waals surface area contributed by atoms with E-state index in [-0.39, 0.29) is 40.4 Å². The number of ether oxygens (including phenoxy) is 3. The van der Waals surface area contributed by atoms with E-state index >= 15 is 4.39 Å². The van der Waals surface area contributed by atoms with Gasteiger partial charge in [-0.3, -0.25) is 10.00 Å². The summed E-state index contributed by atoms with van der Waals surface area (Å²) in [6.07, 6.45) is 9.65. The van der Waals surface area contributed by atoms with Crippen LogP contribution in [0.4, 0.5) is 10.2 Å². The number of aromatic nitrogens is 5. The first-order chi connectivity index (χ1) is 25.1. The number of sulfone groups is 1. The Kier molecular flexibility index (Phi) is 8.75. The zero-order valence-electron chi connectivity index (χ0n) is 29.7. The highest BCUT2D eigenvalue weighted by atomic mass is 35.5. The van der Waals surface area contributed by atoms with Gasteiger partial charge in [-0.15, -0.1) is 0 Å². The third-order valence-corrected chi connectivity index (χ3v) is 14.9. The van der Waals surface area contributed by atoms with E-state index in [9.17, 15) is 8.42 Å². The van der Waals surface area contributed by atoms with E-state index < -0.39 is 15.7 Å². The average Bonchev–Trinajstić information content (AvgIpc) is 3.87. The van der Waals surface area contributed by atoms with Crippen LogP contribution < -0.4 is 14.4 Å². The molecule has 1 aromatic carbocycles. The van der Waals surface area contributed by atoms with Gasteiger partial charge in [0.25, 0.3) is 0 Å². The minimum Gasteiger partial charge on any atom is -0.480 e. The lowest BCUT2D eigenvalue weighted by Crippen LogP contribution is -2.55. The molecule has 278 valence electrons. The van der Waals surface area contributed by atoms with Crippen LogP contribution in [0.1, 0.15) is 56.9 Å². The number of piperidine rings is 1. The van der Waals surface area contributed by atoms with E-state index in [1.807, 2.05) is 13.0 Å². The Morgan fingerprint density at radius 3 is 2.69 bits per heavy atom. The zero-order valence-corrected chi connectivity index (χ0v) is 31.2. The molecule has 3 aliphatic heterocycles. The van der Waals surface area contributed by atoms with Crippen molar-refractivity contribution >= 4 is 49.1 Å². The largest absolute Gasteiger partial charge is 0.480 e. The molecule has 5 atom stereocenters. The van der Waals surface area contributed by atoms with Crippen LogP contribution in [0, 0.1) is 30.0 Å². The fraction of sp³-hybridized carbons (Fsp3) is 0.622. The molecular weight excluding hydrogens is 709 g/mol. The standard InChI is InChI=1S/C37H45ClFN7O5S/c1-21-14-26-25(17-40-44-26)28(30(21)38)32-31(39)33-29(35(41-32)49-2)34(45-9-5-12-50-13-11-45)43-36(42-33)51-20-37-7-3-6-27(37)46(10-4-8-37)24-15-22-18-52(47,48)19-23(22)16-24/h14,17,22-24,27H,3-13,15-16,18-20H2,1-2H3,(H,40,44)/t22-,23+,24?,27-,37-/m1/s1. The Balaban J connectivity index is 1.09. The summed E-state index contributed by atoms with van der Waals surface area (Å²) in [4.78, 5) is 19.3. The second-order valence-corrected chi connectivity index (χ2v) is 18.2. The number of hydrogen-bond donors (Lipinski definition) is 1. The van der Waals surface area contributed by atoms with Crippen molar-refractivity contribution in [2.24, 2.45) is 17.3 Å². The van der Waals surface area contributed by atoms with Crippen LogP contribution in [0.25, 0.3) is 33.1 Å². The molecule has 1 N–H and O–H groups in total. The zero-order chi connectivity index (χ0) is 35.8. The van der Waals surface area contributed by atoms with E-state index in [1.165, 1.54) is 7.11 Å². The second-order valence-electron chi connectivity index (χ2n) is 15.6. The summed E-state index contributed by atoms with van der Waals surface area (Å²) in [6.45, 7) is 5.66. The fourth-order valence-electron chi connectivity index (χ4n) is 10.3. The minimum atomic E-state index is -2.91. The van der Waals surface area contributed by atoms with E-state index in [4.69, 9.17) is 40.8 Å². The molecule has 3 saturated heterocycles. The lowest BCUT2D eigenvalue weighted by Gasteiger charge is -2.48. The molecule has 5 aliphatic rings. The average molecular weight is 754 g/mol. The number of H-pyrrole nitrogens is 1. The number of benzene rings is 1. The van der Waals surface area contributed by atoms with Crippen LogP contribution in [0.2, 0.25) is 5.02 Å². The summed E-state index contributed by atoms with van der Waals surface area (Å²) in [6, 6.07) is 2.75. The molecule has 6 heterocycles. The summed E-state index contributed by atoms with van der Waals surface area (Å²) >= 11 is 6.87. The lowest BCUT2D eigenvalue weighted by molar-refractivity contribution is -0.0223. The topological polar surface area (TPSA) is 136 Å². The van der Waals surface area contributed by atoms with Crippen molar-refractivity contribution in [2.45, 2.75) is 70.4 Å². The van der Waals surface area contributed by atoms with E-state index in [1.54, 1.807) is 6.20 Å². The van der Waals surface area contributed by atoms with Crippen molar-refractivity contribution < 1.29 is 27.0 Å². The highest BCUT2D eigenvalue weighted by molar-refractivity contribution is 7.91. The van der Waals surface area contributed by atoms with Crippen molar-refractivity contribution in [2.75, 3.05) is 63.0 Å². The fourth-order valence-corrected chi connectivity index (χ4v) is 12.8. The molecular formula is C37H45ClFN7O5S. The lowest BCUT2D eigenvalue weighted by atomic mass is 9.75. The number of hydrogen-bond acceptors (Lipinski definition) is 11. The number of likely N-dealkylation sites (tertiary alicyclic amines) is 1. The molecule has 0 radical (unpaired) electrons. The number of pyridine rings is 1. The Hall–Kier alpha value is -3.33. The van der Waals surface area contributed by atoms with Gasteiger partial charge in [0.05, 0.1) is 48.6 Å². The first-order valence-corrected chi connectivity index (χ1v) is 20.8. The first kappa shape index (κ1) is 34.4. The Morgan fingerprint density at radius 2 is 1.88 bits per heavy atom. The minimum absolute atomic E-state index is 0.0192. The highest BCUT2D eigenvalue weighted by Crippen LogP contribution is 2.52. The van der Waals surface area contributed by atoms with Gasteiger partial charge in [-0.05, 0) is 81.9 Å². The third-order valence-electron chi connectivity index (χ3n) is 12.6. The number of anilines is 1. The molecule has 0 amide bonds. The molecule has 0 bridgehead atoms. The molecule has 0 spiro atoms. The van der Waals surface area contributed by atoms with Gasteiger partial charge in [-0.2, -0.15) is 15.1 Å².